The Balaban J connectivity index is 2.01. The molecule has 0 bridgehead atoms. The first-order valence-corrected chi connectivity index (χ1v) is 6.45. The van der Waals surface area contributed by atoms with E-state index in [0.717, 1.165) is 24.6 Å². The highest BCUT2D eigenvalue weighted by Gasteiger charge is 2.17. The molecule has 1 aromatic rings. The van der Waals surface area contributed by atoms with Crippen molar-refractivity contribution >= 4 is 0 Å². The van der Waals surface area contributed by atoms with Crippen molar-refractivity contribution in [2.75, 3.05) is 26.3 Å². The van der Waals surface area contributed by atoms with Gasteiger partial charge >= 0.3 is 0 Å². The summed E-state index contributed by atoms with van der Waals surface area (Å²) in [6, 6.07) is 1.93. The molecule has 0 radical (unpaired) electrons. The third-order valence-corrected chi connectivity index (χ3v) is 2.96. The predicted octanol–water partition coefficient (Wildman–Crippen LogP) is 0.793. The molecule has 100 valence electrons. The molecular weight excluding hydrogens is 230 g/mol. The van der Waals surface area contributed by atoms with Gasteiger partial charge < -0.3 is 9.84 Å². The lowest BCUT2D eigenvalue weighted by Crippen LogP contribution is -2.32. The van der Waals surface area contributed by atoms with Crippen molar-refractivity contribution in [1.29, 1.82) is 0 Å². The van der Waals surface area contributed by atoms with Crippen molar-refractivity contribution in [3.63, 3.8) is 0 Å². The van der Waals surface area contributed by atoms with Gasteiger partial charge in [-0.1, -0.05) is 13.8 Å². The van der Waals surface area contributed by atoms with E-state index in [1.807, 2.05) is 12.3 Å². The molecule has 0 aromatic carbocycles. The Kier molecular flexibility index (Phi) is 4.63. The number of nitrogens with zero attached hydrogens (tertiary/aromatic N) is 3. The van der Waals surface area contributed by atoms with E-state index in [0.29, 0.717) is 25.7 Å². The van der Waals surface area contributed by atoms with Gasteiger partial charge in [0.05, 0.1) is 25.0 Å². The van der Waals surface area contributed by atoms with Crippen LogP contribution in [-0.4, -0.2) is 52.4 Å². The second-order valence-electron chi connectivity index (χ2n) is 5.02. The fourth-order valence-electron chi connectivity index (χ4n) is 2.01. The van der Waals surface area contributed by atoms with E-state index in [1.165, 1.54) is 0 Å². The van der Waals surface area contributed by atoms with Crippen molar-refractivity contribution in [1.82, 2.24) is 14.9 Å². The summed E-state index contributed by atoms with van der Waals surface area (Å²) in [5, 5.41) is 9.68. The van der Waals surface area contributed by atoms with Crippen LogP contribution in [0.4, 0.5) is 0 Å². The zero-order valence-electron chi connectivity index (χ0n) is 11.0. The van der Waals surface area contributed by atoms with Gasteiger partial charge in [0, 0.05) is 31.7 Å². The molecule has 2 heterocycles. The zero-order chi connectivity index (χ0) is 13.0. The van der Waals surface area contributed by atoms with Gasteiger partial charge in [-0.2, -0.15) is 0 Å². The highest BCUT2D eigenvalue weighted by Crippen LogP contribution is 2.10. The van der Waals surface area contributed by atoms with Crippen LogP contribution < -0.4 is 0 Å². The van der Waals surface area contributed by atoms with Crippen LogP contribution in [0.25, 0.3) is 0 Å². The summed E-state index contributed by atoms with van der Waals surface area (Å²) in [6.45, 7) is 7.48. The first kappa shape index (κ1) is 13.4. The molecule has 0 spiro atoms. The highest BCUT2D eigenvalue weighted by molar-refractivity contribution is 5.04. The van der Waals surface area contributed by atoms with Gasteiger partial charge in [0.15, 0.2) is 0 Å². The fraction of sp³-hybridized carbons (Fsp3) is 0.692. The second-order valence-corrected chi connectivity index (χ2v) is 5.02. The van der Waals surface area contributed by atoms with Crippen LogP contribution >= 0.6 is 0 Å². The maximum atomic E-state index is 9.68. The molecule has 18 heavy (non-hydrogen) atoms. The molecule has 5 nitrogen and oxygen atoms in total. The molecule has 1 aromatic heterocycles. The molecule has 1 fully saturated rings. The monoisotopic (exact) mass is 251 g/mol. The molecule has 1 aliphatic rings. The lowest BCUT2D eigenvalue weighted by molar-refractivity contribution is 0.0562. The summed E-state index contributed by atoms with van der Waals surface area (Å²) in [4.78, 5) is 11.0. The van der Waals surface area contributed by atoms with E-state index < -0.39 is 6.10 Å². The Labute approximate surface area is 108 Å². The minimum atomic E-state index is -0.404. The Morgan fingerprint density at radius 3 is 3.17 bits per heavy atom. The van der Waals surface area contributed by atoms with Crippen molar-refractivity contribution < 1.29 is 9.84 Å². The number of ether oxygens (including phenoxy) is 1. The van der Waals surface area contributed by atoms with Gasteiger partial charge in [0.25, 0.3) is 0 Å². The Morgan fingerprint density at radius 1 is 1.56 bits per heavy atom. The smallest absolute Gasteiger partial charge is 0.131 e. The fourth-order valence-corrected chi connectivity index (χ4v) is 2.01. The van der Waals surface area contributed by atoms with Crippen molar-refractivity contribution in [3.05, 3.63) is 23.8 Å². The van der Waals surface area contributed by atoms with Gasteiger partial charge in [0.2, 0.25) is 0 Å². The second kappa shape index (κ2) is 6.22. The Morgan fingerprint density at radius 2 is 2.39 bits per heavy atom. The van der Waals surface area contributed by atoms with E-state index in [4.69, 9.17) is 4.74 Å². The van der Waals surface area contributed by atoms with Gasteiger partial charge in [-0.15, -0.1) is 0 Å². The van der Waals surface area contributed by atoms with Gasteiger partial charge in [-0.25, -0.2) is 9.97 Å². The largest absolute Gasteiger partial charge is 0.389 e. The minimum Gasteiger partial charge on any atom is -0.389 e. The number of hydrogen-bond donors (Lipinski definition) is 1. The highest BCUT2D eigenvalue weighted by atomic mass is 16.5. The number of hydrogen-bond acceptors (Lipinski definition) is 5. The summed E-state index contributed by atoms with van der Waals surface area (Å²) in [5.41, 5.74) is 1.00. The Bertz CT molecular complexity index is 384. The molecule has 0 amide bonds. The molecule has 1 aliphatic heterocycles. The normalized spacial score (nSPS) is 22.1. The van der Waals surface area contributed by atoms with Crippen LogP contribution in [0.2, 0.25) is 0 Å². The van der Waals surface area contributed by atoms with Crippen molar-refractivity contribution in [2.45, 2.75) is 32.4 Å². The number of rotatable bonds is 3. The number of aliphatic hydroxyl groups excluding tert-OH is 1. The van der Waals surface area contributed by atoms with E-state index in [1.54, 1.807) is 0 Å². The van der Waals surface area contributed by atoms with E-state index >= 15 is 0 Å². The van der Waals surface area contributed by atoms with E-state index in [9.17, 15) is 5.11 Å². The quantitative estimate of drug-likeness (QED) is 0.861. The number of β-amino-alcohol motifs (C(OH)–C–C–N with tert-alkyl or cyclic N) is 1. The van der Waals surface area contributed by atoms with E-state index in [-0.39, 0.29) is 0 Å². The first-order valence-electron chi connectivity index (χ1n) is 6.45. The van der Waals surface area contributed by atoms with Gasteiger partial charge in [-0.3, -0.25) is 4.90 Å². The molecule has 0 unspecified atom stereocenters. The molecule has 0 aliphatic carbocycles. The van der Waals surface area contributed by atoms with E-state index in [2.05, 4.69) is 28.7 Å². The van der Waals surface area contributed by atoms with Crippen molar-refractivity contribution in [2.24, 2.45) is 0 Å². The zero-order valence-corrected chi connectivity index (χ0v) is 11.0. The average molecular weight is 251 g/mol. The molecule has 1 N–H and O–H groups in total. The lowest BCUT2D eigenvalue weighted by atomic mass is 10.2. The van der Waals surface area contributed by atoms with Crippen LogP contribution in [0.5, 0.6) is 0 Å². The number of aromatic nitrogens is 2. The van der Waals surface area contributed by atoms with Crippen molar-refractivity contribution in [3.8, 4) is 0 Å². The molecule has 1 saturated heterocycles. The maximum absolute atomic E-state index is 9.68. The third-order valence-electron chi connectivity index (χ3n) is 2.96. The molecule has 1 atom stereocenters. The first-order chi connectivity index (χ1) is 8.65. The van der Waals surface area contributed by atoms with Crippen LogP contribution in [0, 0.1) is 0 Å². The lowest BCUT2D eigenvalue weighted by Gasteiger charge is -2.20. The molecular formula is C13H21N3O2. The average Bonchev–Trinajstić information content (AvgIpc) is 2.54. The summed E-state index contributed by atoms with van der Waals surface area (Å²) in [5.74, 6) is 1.21. The SMILES string of the molecule is CC(C)c1nccc(CN2CCOC[C@H](O)C2)n1. The Hall–Kier alpha value is -1.04. The van der Waals surface area contributed by atoms with Gasteiger partial charge in [-0.05, 0) is 6.07 Å². The van der Waals surface area contributed by atoms with Crippen LogP contribution in [0.3, 0.4) is 0 Å². The molecule has 2 rings (SSSR count). The minimum absolute atomic E-state index is 0.336. The summed E-state index contributed by atoms with van der Waals surface area (Å²) < 4.78 is 5.31. The molecule has 5 heteroatoms. The van der Waals surface area contributed by atoms with Crippen LogP contribution in [0.1, 0.15) is 31.3 Å². The summed E-state index contributed by atoms with van der Waals surface area (Å²) in [6.07, 6.45) is 1.40. The van der Waals surface area contributed by atoms with Gasteiger partial charge in [0.1, 0.15) is 5.82 Å². The van der Waals surface area contributed by atoms with Crippen LogP contribution in [0.15, 0.2) is 12.3 Å². The number of aliphatic hydroxyl groups is 1. The maximum Gasteiger partial charge on any atom is 0.131 e. The third kappa shape index (κ3) is 3.73. The topological polar surface area (TPSA) is 58.5 Å². The predicted molar refractivity (Wildman–Crippen MR) is 68.2 cm³/mol. The van der Waals surface area contributed by atoms with Crippen LogP contribution in [-0.2, 0) is 11.3 Å². The summed E-state index contributed by atoms with van der Waals surface area (Å²) >= 11 is 0. The standard InChI is InChI=1S/C13H21N3O2/c1-10(2)13-14-4-3-11(15-13)7-16-5-6-18-9-12(17)8-16/h3-4,10,12,17H,5-9H2,1-2H3/t12-/m1/s1. The molecule has 0 saturated carbocycles. The summed E-state index contributed by atoms with van der Waals surface area (Å²) in [7, 11) is 0.